The fourth-order valence-electron chi connectivity index (χ4n) is 3.16. The Labute approximate surface area is 190 Å². The van der Waals surface area contributed by atoms with E-state index in [2.05, 4.69) is 15.3 Å². The van der Waals surface area contributed by atoms with Gasteiger partial charge >= 0.3 is 11.9 Å². The molecule has 174 valence electrons. The van der Waals surface area contributed by atoms with Gasteiger partial charge in [0.05, 0.1) is 20.8 Å². The molecular weight excluding hydrogens is 455 g/mol. The topological polar surface area (TPSA) is 153 Å². The third kappa shape index (κ3) is 5.92. The number of halogens is 1. The average molecular weight is 476 g/mol. The summed E-state index contributed by atoms with van der Waals surface area (Å²) < 4.78 is 12.8. The van der Waals surface area contributed by atoms with Crippen LogP contribution >= 0.6 is 11.3 Å². The normalized spacial score (nSPS) is 11.8. The summed E-state index contributed by atoms with van der Waals surface area (Å²) in [5.74, 6) is -3.10. The van der Waals surface area contributed by atoms with Gasteiger partial charge in [-0.3, -0.25) is 14.4 Å². The highest BCUT2D eigenvalue weighted by molar-refractivity contribution is 7.17. The maximum atomic E-state index is 12.8. The second-order valence-corrected chi connectivity index (χ2v) is 8.35. The summed E-state index contributed by atoms with van der Waals surface area (Å²) >= 11 is 1.14. The molecule has 0 aliphatic carbocycles. The number of carboxylic acids is 2. The Bertz CT molecular complexity index is 1260. The largest absolute Gasteiger partial charge is 0.481 e. The lowest BCUT2D eigenvalue weighted by Crippen LogP contribution is -2.40. The van der Waals surface area contributed by atoms with Crippen LogP contribution in [0.2, 0.25) is 0 Å². The van der Waals surface area contributed by atoms with E-state index in [9.17, 15) is 28.7 Å². The van der Waals surface area contributed by atoms with Crippen molar-refractivity contribution in [1.82, 2.24) is 15.3 Å². The zero-order chi connectivity index (χ0) is 24.1. The van der Waals surface area contributed by atoms with Crippen LogP contribution in [0.1, 0.15) is 33.9 Å². The van der Waals surface area contributed by atoms with Crippen molar-refractivity contribution in [3.63, 3.8) is 0 Å². The lowest BCUT2D eigenvalue weighted by molar-refractivity contribution is -0.140. The summed E-state index contributed by atoms with van der Waals surface area (Å²) in [6.45, 7) is -0.463. The van der Waals surface area contributed by atoms with E-state index in [1.54, 1.807) is 37.4 Å². The fraction of sp³-hybridized carbons (Fsp3) is 0.286. The number of fused-ring (bicyclic) bond motifs is 1. The standard InChI is InChI=1S/C21H21FN4O6S/c1-26(10-11-2-3-13-12(8-11)19(29)25-16(9-22)23-13)17-6-5-15(33-17)20(30)24-14(21(31)32)4-7-18(27)28/h2-3,5-6,8,14H,4,7,9-10H2,1H3,(H,24,30)(H,27,28)(H,31,32)(H,23,25,29)/t14-/m1/s1. The summed E-state index contributed by atoms with van der Waals surface area (Å²) in [6.07, 6.45) is -0.605. The van der Waals surface area contributed by atoms with Crippen molar-refractivity contribution in [2.45, 2.75) is 32.1 Å². The number of H-pyrrole nitrogens is 1. The summed E-state index contributed by atoms with van der Waals surface area (Å²) in [5, 5.41) is 21.3. The van der Waals surface area contributed by atoms with E-state index in [4.69, 9.17) is 5.11 Å². The Kier molecular flexibility index (Phi) is 7.38. The Morgan fingerprint density at radius 1 is 1.24 bits per heavy atom. The van der Waals surface area contributed by atoms with Gasteiger partial charge in [0.2, 0.25) is 0 Å². The van der Waals surface area contributed by atoms with Gasteiger partial charge in [-0.2, -0.15) is 0 Å². The van der Waals surface area contributed by atoms with Crippen LogP contribution < -0.4 is 15.8 Å². The number of nitrogens with zero attached hydrogens (tertiary/aromatic N) is 2. The molecule has 1 amide bonds. The maximum absolute atomic E-state index is 12.8. The number of carbonyl (C=O) groups excluding carboxylic acids is 1. The molecule has 2 aromatic heterocycles. The van der Waals surface area contributed by atoms with E-state index in [0.717, 1.165) is 21.9 Å². The van der Waals surface area contributed by atoms with E-state index in [1.165, 1.54) is 0 Å². The van der Waals surface area contributed by atoms with Crippen molar-refractivity contribution in [1.29, 1.82) is 0 Å². The van der Waals surface area contributed by atoms with E-state index in [0.29, 0.717) is 17.4 Å². The number of hydrogen-bond donors (Lipinski definition) is 4. The van der Waals surface area contributed by atoms with E-state index < -0.39 is 36.1 Å². The second kappa shape index (κ2) is 10.2. The van der Waals surface area contributed by atoms with Crippen LogP contribution in [0.4, 0.5) is 9.39 Å². The molecule has 0 spiro atoms. The van der Waals surface area contributed by atoms with Crippen LogP contribution in [0.25, 0.3) is 10.9 Å². The number of anilines is 1. The first-order chi connectivity index (χ1) is 15.7. The first-order valence-electron chi connectivity index (χ1n) is 9.82. The van der Waals surface area contributed by atoms with Crippen LogP contribution in [-0.2, 0) is 22.8 Å². The highest BCUT2D eigenvalue weighted by atomic mass is 32.1. The summed E-state index contributed by atoms with van der Waals surface area (Å²) in [5.41, 5.74) is 0.760. The second-order valence-electron chi connectivity index (χ2n) is 7.29. The smallest absolute Gasteiger partial charge is 0.326 e. The Morgan fingerprint density at radius 2 is 2.00 bits per heavy atom. The minimum atomic E-state index is -1.31. The highest BCUT2D eigenvalue weighted by Gasteiger charge is 2.22. The van der Waals surface area contributed by atoms with Crippen molar-refractivity contribution >= 4 is 45.1 Å². The van der Waals surface area contributed by atoms with E-state index >= 15 is 0 Å². The number of rotatable bonds is 10. The van der Waals surface area contributed by atoms with Gasteiger partial charge in [-0.05, 0) is 36.2 Å². The zero-order valence-corrected chi connectivity index (χ0v) is 18.3. The molecule has 0 bridgehead atoms. The van der Waals surface area contributed by atoms with Gasteiger partial charge < -0.3 is 25.4 Å². The number of carbonyl (C=O) groups is 3. The van der Waals surface area contributed by atoms with Gasteiger partial charge in [0.1, 0.15) is 18.5 Å². The van der Waals surface area contributed by atoms with Gasteiger partial charge in [0.25, 0.3) is 11.5 Å². The third-order valence-corrected chi connectivity index (χ3v) is 6.01. The quantitative estimate of drug-likeness (QED) is 0.347. The number of thiophene rings is 1. The van der Waals surface area contributed by atoms with Crippen LogP contribution in [-0.4, -0.2) is 51.1 Å². The molecule has 12 heteroatoms. The predicted octanol–water partition coefficient (Wildman–Crippen LogP) is 2.14. The number of aliphatic carboxylic acids is 2. The summed E-state index contributed by atoms with van der Waals surface area (Å²) in [4.78, 5) is 55.1. The molecule has 0 unspecified atom stereocenters. The Hall–Kier alpha value is -3.80. The fourth-order valence-corrected chi connectivity index (χ4v) is 4.03. The number of aromatic nitrogens is 2. The number of carboxylic acid groups (broad SMARTS) is 2. The van der Waals surface area contributed by atoms with Gasteiger partial charge in [0.15, 0.2) is 0 Å². The monoisotopic (exact) mass is 476 g/mol. The number of nitrogens with one attached hydrogen (secondary N) is 2. The van der Waals surface area contributed by atoms with Crippen molar-refractivity contribution in [2.75, 3.05) is 11.9 Å². The minimum absolute atomic E-state index is 0.0325. The molecule has 1 atom stereocenters. The first-order valence-corrected chi connectivity index (χ1v) is 10.6. The Morgan fingerprint density at radius 3 is 2.67 bits per heavy atom. The van der Waals surface area contributed by atoms with Gasteiger partial charge in [0, 0.05) is 20.0 Å². The van der Waals surface area contributed by atoms with Gasteiger partial charge in [-0.1, -0.05) is 6.07 Å². The number of hydrogen-bond acceptors (Lipinski definition) is 7. The molecule has 10 nitrogen and oxygen atoms in total. The molecule has 3 aromatic rings. The van der Waals surface area contributed by atoms with Crippen LogP contribution in [0.5, 0.6) is 0 Å². The molecule has 0 aliphatic heterocycles. The molecule has 33 heavy (non-hydrogen) atoms. The predicted molar refractivity (Wildman–Crippen MR) is 119 cm³/mol. The average Bonchev–Trinajstić information content (AvgIpc) is 3.27. The molecular formula is C21H21FN4O6S. The van der Waals surface area contributed by atoms with Crippen molar-refractivity contribution in [2.24, 2.45) is 0 Å². The lowest BCUT2D eigenvalue weighted by Gasteiger charge is -2.17. The van der Waals surface area contributed by atoms with Crippen molar-refractivity contribution < 1.29 is 29.0 Å². The Balaban J connectivity index is 1.70. The van der Waals surface area contributed by atoms with Crippen molar-refractivity contribution in [3.05, 3.63) is 57.0 Å². The first kappa shape index (κ1) is 23.9. The van der Waals surface area contributed by atoms with Crippen LogP contribution in [0.3, 0.4) is 0 Å². The molecule has 1 aromatic carbocycles. The van der Waals surface area contributed by atoms with E-state index in [1.807, 2.05) is 4.90 Å². The lowest BCUT2D eigenvalue weighted by atomic mass is 10.1. The van der Waals surface area contributed by atoms with Crippen molar-refractivity contribution in [3.8, 4) is 0 Å². The molecule has 0 fully saturated rings. The third-order valence-electron chi connectivity index (χ3n) is 4.81. The van der Waals surface area contributed by atoms with Crippen LogP contribution in [0.15, 0.2) is 35.1 Å². The molecule has 2 heterocycles. The summed E-state index contributed by atoms with van der Waals surface area (Å²) in [6, 6.07) is 7.03. The molecule has 0 saturated heterocycles. The van der Waals surface area contributed by atoms with Crippen LogP contribution in [0, 0.1) is 0 Å². The SMILES string of the molecule is CN(Cc1ccc2nc(CF)[nH]c(=O)c2c1)c1ccc(C(=O)N[C@H](CCC(=O)O)C(=O)O)s1. The molecule has 3 rings (SSSR count). The zero-order valence-electron chi connectivity index (χ0n) is 17.5. The molecule has 0 aliphatic rings. The molecule has 0 radical (unpaired) electrons. The van der Waals surface area contributed by atoms with Gasteiger partial charge in [-0.15, -0.1) is 11.3 Å². The number of benzene rings is 1. The number of amides is 1. The minimum Gasteiger partial charge on any atom is -0.481 e. The highest BCUT2D eigenvalue weighted by Crippen LogP contribution is 2.27. The van der Waals surface area contributed by atoms with Gasteiger partial charge in [-0.25, -0.2) is 14.2 Å². The van der Waals surface area contributed by atoms with E-state index in [-0.39, 0.29) is 23.5 Å². The molecule has 0 saturated carbocycles. The maximum Gasteiger partial charge on any atom is 0.326 e. The number of alkyl halides is 1. The summed E-state index contributed by atoms with van der Waals surface area (Å²) in [7, 11) is 1.79. The molecule has 4 N–H and O–H groups in total. The number of aromatic amines is 1.